The molecule has 0 spiro atoms. The Kier molecular flexibility index (Phi) is 6.97. The second-order valence-corrected chi connectivity index (χ2v) is 13.5. The zero-order valence-electron chi connectivity index (χ0n) is 26.5. The number of ether oxygens (including phenoxy) is 1. The van der Waals surface area contributed by atoms with Gasteiger partial charge in [0, 0.05) is 29.7 Å². The van der Waals surface area contributed by atoms with Gasteiger partial charge in [0.1, 0.15) is 17.4 Å². The highest BCUT2D eigenvalue weighted by atomic mass is 32.1. The van der Waals surface area contributed by atoms with Crippen LogP contribution in [-0.4, -0.2) is 36.6 Å². The van der Waals surface area contributed by atoms with Gasteiger partial charge in [-0.2, -0.15) is 0 Å². The van der Waals surface area contributed by atoms with Gasteiger partial charge in [0.05, 0.1) is 34.5 Å². The molecule has 13 heteroatoms. The average Bonchev–Trinajstić information content (AvgIpc) is 3.95. The first-order valence-corrected chi connectivity index (χ1v) is 17.1. The Labute approximate surface area is 282 Å². The predicted molar refractivity (Wildman–Crippen MR) is 185 cm³/mol. The SMILES string of the molecule is COc1cccc2c1CCC2Nc1nccc2cc(-c3c(-c4n[nH]c(=O)o4)c(CCc4ccc(F)cc4)nc4c3c(=O)n3n4CCC3)sc12. The van der Waals surface area contributed by atoms with E-state index < -0.39 is 5.76 Å². The summed E-state index contributed by atoms with van der Waals surface area (Å²) in [7, 11) is 1.70. The van der Waals surface area contributed by atoms with E-state index in [1.165, 1.54) is 34.6 Å². The van der Waals surface area contributed by atoms with Crippen molar-refractivity contribution in [1.29, 1.82) is 0 Å². The van der Waals surface area contributed by atoms with Crippen LogP contribution < -0.4 is 21.4 Å². The van der Waals surface area contributed by atoms with E-state index in [0.717, 1.165) is 51.4 Å². The molecule has 49 heavy (non-hydrogen) atoms. The van der Waals surface area contributed by atoms with Crippen LogP contribution in [0.5, 0.6) is 5.75 Å². The van der Waals surface area contributed by atoms with Crippen molar-refractivity contribution in [3.8, 4) is 27.6 Å². The summed E-state index contributed by atoms with van der Waals surface area (Å²) < 4.78 is 29.5. The summed E-state index contributed by atoms with van der Waals surface area (Å²) in [5.41, 5.74) is 5.50. The molecule has 1 aliphatic carbocycles. The number of pyridine rings is 2. The van der Waals surface area contributed by atoms with Crippen LogP contribution >= 0.6 is 11.3 Å². The molecule has 246 valence electrons. The topological polar surface area (TPSA) is 133 Å². The van der Waals surface area contributed by atoms with Crippen molar-refractivity contribution in [2.24, 2.45) is 0 Å². The van der Waals surface area contributed by atoms with Crippen molar-refractivity contribution in [3.05, 3.63) is 110 Å². The molecule has 1 atom stereocenters. The number of hydrogen-bond donors (Lipinski definition) is 2. The number of H-pyrrole nitrogens is 1. The maximum absolute atomic E-state index is 14.1. The average molecular weight is 676 g/mol. The third kappa shape index (κ3) is 4.87. The van der Waals surface area contributed by atoms with Gasteiger partial charge in [0.2, 0.25) is 0 Å². The van der Waals surface area contributed by atoms with E-state index in [-0.39, 0.29) is 23.3 Å². The fourth-order valence-electron chi connectivity index (χ4n) is 7.41. The number of methoxy groups -OCH3 is 1. The quantitative estimate of drug-likeness (QED) is 0.193. The van der Waals surface area contributed by atoms with E-state index in [2.05, 4.69) is 27.6 Å². The number of halogens is 1. The van der Waals surface area contributed by atoms with Gasteiger partial charge in [-0.3, -0.25) is 9.48 Å². The Bertz CT molecular complexity index is 2530. The molecule has 7 aromatic rings. The highest BCUT2D eigenvalue weighted by molar-refractivity contribution is 7.23. The van der Waals surface area contributed by atoms with E-state index in [4.69, 9.17) is 19.1 Å². The summed E-state index contributed by atoms with van der Waals surface area (Å²) in [6.45, 7) is 1.25. The van der Waals surface area contributed by atoms with Gasteiger partial charge in [0.25, 0.3) is 11.4 Å². The summed E-state index contributed by atoms with van der Waals surface area (Å²) in [6, 6.07) is 16.6. The molecule has 2 N–H and O–H groups in total. The van der Waals surface area contributed by atoms with Gasteiger partial charge in [-0.15, -0.1) is 16.4 Å². The van der Waals surface area contributed by atoms with Crippen molar-refractivity contribution in [2.75, 3.05) is 12.4 Å². The lowest BCUT2D eigenvalue weighted by Gasteiger charge is -2.16. The van der Waals surface area contributed by atoms with Gasteiger partial charge in [0.15, 0.2) is 5.65 Å². The van der Waals surface area contributed by atoms with Gasteiger partial charge in [-0.25, -0.2) is 28.9 Å². The van der Waals surface area contributed by atoms with Gasteiger partial charge < -0.3 is 14.5 Å². The predicted octanol–water partition coefficient (Wildman–Crippen LogP) is 6.25. The maximum atomic E-state index is 14.1. The molecule has 2 aliphatic rings. The molecule has 9 rings (SSSR count). The highest BCUT2D eigenvalue weighted by Crippen LogP contribution is 2.46. The van der Waals surface area contributed by atoms with Crippen molar-refractivity contribution in [3.63, 3.8) is 0 Å². The first-order chi connectivity index (χ1) is 24.0. The number of rotatable bonds is 8. The fourth-order valence-corrected chi connectivity index (χ4v) is 8.57. The van der Waals surface area contributed by atoms with E-state index >= 15 is 0 Å². The lowest BCUT2D eigenvalue weighted by atomic mass is 9.97. The largest absolute Gasteiger partial charge is 0.496 e. The second-order valence-electron chi connectivity index (χ2n) is 12.4. The number of fused-ring (bicyclic) bond motifs is 5. The molecule has 11 nitrogen and oxygen atoms in total. The molecular weight excluding hydrogens is 646 g/mol. The number of aromatic amines is 1. The summed E-state index contributed by atoms with van der Waals surface area (Å²) in [5.74, 6) is 0.692. The zero-order chi connectivity index (χ0) is 33.2. The first kappa shape index (κ1) is 29.6. The van der Waals surface area contributed by atoms with Gasteiger partial charge in [-0.1, -0.05) is 24.3 Å². The molecular formula is C36H30FN7O4S. The molecule has 1 aliphatic heterocycles. The van der Waals surface area contributed by atoms with E-state index in [0.29, 0.717) is 53.8 Å². The number of hydrogen-bond acceptors (Lipinski definition) is 9. The van der Waals surface area contributed by atoms with Crippen molar-refractivity contribution in [1.82, 2.24) is 29.5 Å². The van der Waals surface area contributed by atoms with Crippen molar-refractivity contribution in [2.45, 2.75) is 51.2 Å². The lowest BCUT2D eigenvalue weighted by Crippen LogP contribution is -2.16. The minimum atomic E-state index is -0.706. The lowest BCUT2D eigenvalue weighted by molar-refractivity contribution is 0.410. The molecule has 0 radical (unpaired) electrons. The normalized spacial score (nSPS) is 15.3. The van der Waals surface area contributed by atoms with E-state index in [9.17, 15) is 14.0 Å². The first-order valence-electron chi connectivity index (χ1n) is 16.2. The number of aryl methyl sites for hydroxylation is 3. The number of nitrogens with zero attached hydrogens (tertiary/aromatic N) is 5. The van der Waals surface area contributed by atoms with Crippen LogP contribution in [0, 0.1) is 5.82 Å². The number of thiophene rings is 1. The third-order valence-corrected chi connectivity index (χ3v) is 10.8. The minimum absolute atomic E-state index is 0.0599. The molecule has 0 saturated heterocycles. The zero-order valence-corrected chi connectivity index (χ0v) is 27.3. The monoisotopic (exact) mass is 675 g/mol. The number of anilines is 1. The molecule has 2 aromatic carbocycles. The Morgan fingerprint density at radius 1 is 1.08 bits per heavy atom. The number of aromatic nitrogens is 6. The molecule has 1 unspecified atom stereocenters. The van der Waals surface area contributed by atoms with Crippen LogP contribution in [-0.2, 0) is 32.4 Å². The van der Waals surface area contributed by atoms with Crippen LogP contribution in [0.25, 0.3) is 43.0 Å². The number of benzene rings is 2. The highest BCUT2D eigenvalue weighted by Gasteiger charge is 2.31. The Hall–Kier alpha value is -5.56. The van der Waals surface area contributed by atoms with Crippen LogP contribution in [0.2, 0.25) is 0 Å². The second kappa shape index (κ2) is 11.5. The maximum Gasteiger partial charge on any atom is 0.434 e. The smallest absolute Gasteiger partial charge is 0.434 e. The van der Waals surface area contributed by atoms with E-state index in [1.807, 2.05) is 22.9 Å². The summed E-state index contributed by atoms with van der Waals surface area (Å²) in [6.07, 6.45) is 5.41. The van der Waals surface area contributed by atoms with Crippen LogP contribution in [0.15, 0.2) is 74.8 Å². The summed E-state index contributed by atoms with van der Waals surface area (Å²) >= 11 is 1.52. The van der Waals surface area contributed by atoms with Crippen LogP contribution in [0.3, 0.4) is 0 Å². The third-order valence-electron chi connectivity index (χ3n) is 9.63. The molecule has 5 aromatic heterocycles. The fraction of sp³-hybridized carbons (Fsp3) is 0.250. The van der Waals surface area contributed by atoms with Crippen molar-refractivity contribution < 1.29 is 13.5 Å². The Morgan fingerprint density at radius 3 is 2.76 bits per heavy atom. The van der Waals surface area contributed by atoms with Crippen molar-refractivity contribution >= 4 is 38.3 Å². The minimum Gasteiger partial charge on any atom is -0.496 e. The van der Waals surface area contributed by atoms with E-state index in [1.54, 1.807) is 30.1 Å². The van der Waals surface area contributed by atoms with Gasteiger partial charge >= 0.3 is 5.76 Å². The van der Waals surface area contributed by atoms with Crippen LogP contribution in [0.1, 0.15) is 41.3 Å². The molecule has 0 fully saturated rings. The van der Waals surface area contributed by atoms with Crippen LogP contribution in [0.4, 0.5) is 10.2 Å². The summed E-state index contributed by atoms with van der Waals surface area (Å²) in [5, 5.41) is 11.7. The Balaban J connectivity index is 1.23. The molecule has 6 heterocycles. The number of nitrogens with one attached hydrogen (secondary N) is 2. The molecule has 0 saturated carbocycles. The summed E-state index contributed by atoms with van der Waals surface area (Å²) in [4.78, 5) is 37.1. The standard InChI is InChI=1S/C36H30FN7O4S/c1-47-26-5-2-4-22-23(26)11-13-24(22)39-32-31-20(14-15-38-32)18-27(49-31)29-28(34-41-42-36(46)48-34)25(12-8-19-6-9-21(37)10-7-19)40-33-30(29)35(45)44-17-3-16-43(33)44/h2,4-7,9-10,14-15,18,24H,3,8,11-13,16-17H2,1H3,(H,38,39)(H,42,46). The van der Waals surface area contributed by atoms with Gasteiger partial charge in [-0.05, 0) is 84.5 Å². The Morgan fingerprint density at radius 2 is 1.94 bits per heavy atom. The molecule has 0 bridgehead atoms. The molecule has 0 amide bonds.